The van der Waals surface area contributed by atoms with Crippen LogP contribution in [0.4, 0.5) is 0 Å². The van der Waals surface area contributed by atoms with Crippen molar-refractivity contribution in [3.63, 3.8) is 0 Å². The molecule has 9 aromatic carbocycles. The molecule has 0 aliphatic carbocycles. The molecule has 0 atom stereocenters. The van der Waals surface area contributed by atoms with Gasteiger partial charge in [0.05, 0.1) is 11.4 Å². The molecule has 0 saturated heterocycles. The van der Waals surface area contributed by atoms with E-state index in [1.807, 2.05) is 42.5 Å². The molecule has 0 aliphatic rings. The number of hydrogen-bond acceptors (Lipinski definition) is 4. The van der Waals surface area contributed by atoms with E-state index in [1.165, 1.54) is 0 Å². The summed E-state index contributed by atoms with van der Waals surface area (Å²) in [6.45, 7) is 0. The minimum atomic E-state index is 0. The van der Waals surface area contributed by atoms with Crippen molar-refractivity contribution in [2.24, 2.45) is 0 Å². The van der Waals surface area contributed by atoms with Crippen molar-refractivity contribution in [1.29, 1.82) is 0 Å². The fourth-order valence-corrected chi connectivity index (χ4v) is 8.62. The van der Waals surface area contributed by atoms with Crippen LogP contribution in [0.1, 0.15) is 0 Å². The van der Waals surface area contributed by atoms with Gasteiger partial charge in [-0.05, 0) is 29.3 Å². The first-order valence-electron chi connectivity index (χ1n) is 20.7. The maximum Gasteiger partial charge on any atom is 2.00 e. The Balaban J connectivity index is 0.00000444. The van der Waals surface area contributed by atoms with Gasteiger partial charge in [-0.2, -0.15) is 42.0 Å². The molecule has 3 aromatic heterocycles. The van der Waals surface area contributed by atoms with E-state index in [2.05, 4.69) is 176 Å². The summed E-state index contributed by atoms with van der Waals surface area (Å²) in [6.07, 6.45) is 0. The predicted molar refractivity (Wildman–Crippen MR) is 252 cm³/mol. The molecule has 5 heteroatoms. The minimum absolute atomic E-state index is 0. The van der Waals surface area contributed by atoms with E-state index in [1.54, 1.807) is 0 Å². The zero-order chi connectivity index (χ0) is 41.0. The first-order valence-corrected chi connectivity index (χ1v) is 20.7. The van der Waals surface area contributed by atoms with E-state index in [4.69, 9.17) is 18.8 Å². The summed E-state index contributed by atoms with van der Waals surface area (Å²) in [5.74, 6) is 0.646. The van der Waals surface area contributed by atoms with Crippen molar-refractivity contribution in [2.45, 2.75) is 0 Å². The van der Waals surface area contributed by atoms with Crippen molar-refractivity contribution in [3.05, 3.63) is 218 Å². The molecule has 63 heavy (non-hydrogen) atoms. The molecule has 0 saturated carbocycles. The Labute approximate surface area is 387 Å². The van der Waals surface area contributed by atoms with E-state index >= 15 is 0 Å². The van der Waals surface area contributed by atoms with Crippen molar-refractivity contribution < 1.29 is 39.9 Å². The zero-order valence-corrected chi connectivity index (χ0v) is 38.0. The first kappa shape index (κ1) is 38.6. The summed E-state index contributed by atoms with van der Waals surface area (Å²) in [5.41, 5.74) is 16.5. The molecular weight excluding hydrogens is 995 g/mol. The summed E-state index contributed by atoms with van der Waals surface area (Å²) in [4.78, 5) is 10.4. The number of furan rings is 2. The SMILES string of the molecule is [U+2].[c-]1ccccc1-c1[c-]c(-c2ccc(-c3nc(-c4ccc(-c5cccc6c5oc5ccccc56)cc4)cc(-c4ccc(-c5cccc6c5oc5ccccc56)cc4)n3)cc2)ccc1. The van der Waals surface area contributed by atoms with Crippen LogP contribution in [0.15, 0.2) is 215 Å². The molecule has 0 aliphatic heterocycles. The average Bonchev–Trinajstić information content (AvgIpc) is 3.93. The van der Waals surface area contributed by atoms with E-state index in [-0.39, 0.29) is 31.1 Å². The molecule has 292 valence electrons. The molecule has 12 rings (SSSR count). The second kappa shape index (κ2) is 16.2. The number of aromatic nitrogens is 2. The fraction of sp³-hybridized carbons (Fsp3) is 0. The summed E-state index contributed by atoms with van der Waals surface area (Å²) in [6, 6.07) is 77.9. The fourth-order valence-electron chi connectivity index (χ4n) is 8.62. The number of para-hydroxylation sites is 4. The smallest absolute Gasteiger partial charge is 0.455 e. The number of nitrogens with zero attached hydrogens (tertiary/aromatic N) is 2. The van der Waals surface area contributed by atoms with Gasteiger partial charge in [-0.15, -0.1) is 23.8 Å². The van der Waals surface area contributed by atoms with Crippen LogP contribution in [-0.2, 0) is 0 Å². The molecule has 12 aromatic rings. The van der Waals surface area contributed by atoms with Crippen molar-refractivity contribution in [1.82, 2.24) is 9.97 Å². The Morgan fingerprint density at radius 1 is 0.349 bits per heavy atom. The molecule has 0 radical (unpaired) electrons. The molecule has 0 amide bonds. The number of benzene rings is 9. The predicted octanol–water partition coefficient (Wildman–Crippen LogP) is 15.5. The first-order chi connectivity index (χ1) is 30.7. The summed E-state index contributed by atoms with van der Waals surface area (Å²) in [7, 11) is 0. The minimum Gasteiger partial charge on any atom is -0.455 e. The Hall–Kier alpha value is -7.29. The van der Waals surface area contributed by atoms with E-state index in [0.717, 1.165) is 116 Å². The Morgan fingerprint density at radius 3 is 1.35 bits per heavy atom. The van der Waals surface area contributed by atoms with Crippen LogP contribution >= 0.6 is 0 Å². The largest absolute Gasteiger partial charge is 2.00 e. The molecule has 4 nitrogen and oxygen atoms in total. The van der Waals surface area contributed by atoms with Gasteiger partial charge in [0, 0.05) is 49.4 Å². The standard InChI is InChI=1S/C58H34N2O2.U/c1-2-11-37(12-3-1)44-13-8-14-45(35-44)38-23-33-43(34-24-38)58-59-52(41-29-25-39(26-30-41)46-17-9-19-50-48-15-4-6-21-54(48)61-56(46)50)36-53(60-58)42-31-27-40(28-32-42)47-18-10-20-51-49-16-5-7-22-55(49)62-57(47)51;/h1-11,13-34,36H;/q-2;+2. The normalized spacial score (nSPS) is 11.4. The molecular formula is C58H34N2O2U. The molecule has 3 heterocycles. The van der Waals surface area contributed by atoms with Crippen LogP contribution < -0.4 is 0 Å². The van der Waals surface area contributed by atoms with E-state index in [9.17, 15) is 0 Å². The van der Waals surface area contributed by atoms with Gasteiger partial charge in [-0.1, -0.05) is 151 Å². The average molecular weight is 1030 g/mol. The van der Waals surface area contributed by atoms with Crippen molar-refractivity contribution in [2.75, 3.05) is 0 Å². The molecule has 0 bridgehead atoms. The Morgan fingerprint density at radius 2 is 0.794 bits per heavy atom. The van der Waals surface area contributed by atoms with Crippen LogP contribution in [0, 0.1) is 43.2 Å². The molecule has 0 fully saturated rings. The maximum absolute atomic E-state index is 6.39. The van der Waals surface area contributed by atoms with Gasteiger partial charge in [-0.25, -0.2) is 15.5 Å². The summed E-state index contributed by atoms with van der Waals surface area (Å²) < 4.78 is 12.8. The van der Waals surface area contributed by atoms with E-state index < -0.39 is 0 Å². The Bertz CT molecular complexity index is 3430. The van der Waals surface area contributed by atoms with Crippen LogP contribution in [-0.4, -0.2) is 9.97 Å². The van der Waals surface area contributed by atoms with Gasteiger partial charge in [0.2, 0.25) is 0 Å². The van der Waals surface area contributed by atoms with Gasteiger partial charge in [0.15, 0.2) is 5.82 Å². The van der Waals surface area contributed by atoms with Gasteiger partial charge in [-0.3, -0.25) is 0 Å². The second-order valence-corrected chi connectivity index (χ2v) is 15.5. The van der Waals surface area contributed by atoms with Crippen molar-refractivity contribution in [3.8, 4) is 78.4 Å². The third-order valence-corrected chi connectivity index (χ3v) is 11.8. The zero-order valence-electron chi connectivity index (χ0n) is 33.8. The monoisotopic (exact) mass is 1030 g/mol. The second-order valence-electron chi connectivity index (χ2n) is 15.5. The Kier molecular flexibility index (Phi) is 9.93. The van der Waals surface area contributed by atoms with Crippen LogP contribution in [0.25, 0.3) is 122 Å². The maximum atomic E-state index is 6.39. The van der Waals surface area contributed by atoms with Crippen LogP contribution in [0.3, 0.4) is 0 Å². The van der Waals surface area contributed by atoms with Gasteiger partial charge in [0.25, 0.3) is 0 Å². The van der Waals surface area contributed by atoms with Gasteiger partial charge < -0.3 is 8.83 Å². The number of fused-ring (bicyclic) bond motifs is 6. The van der Waals surface area contributed by atoms with E-state index in [0.29, 0.717) is 5.82 Å². The van der Waals surface area contributed by atoms with Gasteiger partial charge in [0.1, 0.15) is 22.3 Å². The van der Waals surface area contributed by atoms with Gasteiger partial charge >= 0.3 is 31.1 Å². The number of hydrogen-bond donors (Lipinski definition) is 0. The molecule has 0 unspecified atom stereocenters. The topological polar surface area (TPSA) is 52.1 Å². The molecule has 0 spiro atoms. The summed E-state index contributed by atoms with van der Waals surface area (Å²) in [5, 5.41) is 4.46. The number of rotatable bonds is 7. The third-order valence-electron chi connectivity index (χ3n) is 11.8. The van der Waals surface area contributed by atoms with Crippen LogP contribution in [0.5, 0.6) is 0 Å². The quantitative estimate of drug-likeness (QED) is 0.149. The molecule has 0 N–H and O–H groups in total. The third kappa shape index (κ3) is 7.06. The van der Waals surface area contributed by atoms with Crippen LogP contribution in [0.2, 0.25) is 0 Å². The summed E-state index contributed by atoms with van der Waals surface area (Å²) >= 11 is 0. The van der Waals surface area contributed by atoms with Crippen molar-refractivity contribution >= 4 is 43.9 Å².